The molecule has 1 amide bonds. The largest absolute Gasteiger partial charge is 0.482 e. The number of carbonyl (C=O) groups excluding carboxylic acids is 2. The van der Waals surface area contributed by atoms with Gasteiger partial charge in [0, 0.05) is 10.0 Å². The van der Waals surface area contributed by atoms with Crippen LogP contribution in [0.4, 0.5) is 5.69 Å². The Morgan fingerprint density at radius 1 is 1.00 bits per heavy atom. The number of carbonyl (C=O) groups is 2. The molecule has 188 valence electrons. The molecule has 9 nitrogen and oxygen atoms in total. The second-order valence-electron chi connectivity index (χ2n) is 7.18. The molecular formula is C24H21Cl2N3O6S. The Balaban J connectivity index is 1.76. The zero-order valence-corrected chi connectivity index (χ0v) is 21.3. The summed E-state index contributed by atoms with van der Waals surface area (Å²) in [5, 5.41) is 4.30. The van der Waals surface area contributed by atoms with Gasteiger partial charge in [-0.3, -0.25) is 9.10 Å². The zero-order chi connectivity index (χ0) is 26.1. The highest BCUT2D eigenvalue weighted by Crippen LogP contribution is 2.29. The number of esters is 1. The maximum absolute atomic E-state index is 13.3. The van der Waals surface area contributed by atoms with E-state index in [1.807, 2.05) is 0 Å². The van der Waals surface area contributed by atoms with Gasteiger partial charge in [0.05, 0.1) is 23.9 Å². The minimum Gasteiger partial charge on any atom is -0.482 e. The first-order valence-corrected chi connectivity index (χ1v) is 12.5. The molecule has 0 aliphatic heterocycles. The summed E-state index contributed by atoms with van der Waals surface area (Å²) >= 11 is 12.1. The lowest BCUT2D eigenvalue weighted by molar-refractivity contribution is -0.142. The van der Waals surface area contributed by atoms with Crippen molar-refractivity contribution in [3.8, 4) is 5.75 Å². The molecule has 0 aromatic heterocycles. The molecule has 0 heterocycles. The molecule has 1 N–H and O–H groups in total. The van der Waals surface area contributed by atoms with Crippen LogP contribution in [0, 0.1) is 0 Å². The van der Waals surface area contributed by atoms with Gasteiger partial charge in [0.2, 0.25) is 0 Å². The summed E-state index contributed by atoms with van der Waals surface area (Å²) in [5.74, 6) is -0.842. The Morgan fingerprint density at radius 3 is 2.36 bits per heavy atom. The number of rotatable bonds is 10. The molecule has 0 aliphatic carbocycles. The fourth-order valence-electron chi connectivity index (χ4n) is 2.95. The Hall–Kier alpha value is -3.60. The van der Waals surface area contributed by atoms with Gasteiger partial charge in [0.25, 0.3) is 15.9 Å². The number of methoxy groups -OCH3 is 1. The van der Waals surface area contributed by atoms with Crippen molar-refractivity contribution in [1.82, 2.24) is 5.43 Å². The Kier molecular flexibility index (Phi) is 9.29. The smallest absolute Gasteiger partial charge is 0.343 e. The van der Waals surface area contributed by atoms with Gasteiger partial charge in [0.1, 0.15) is 12.3 Å². The van der Waals surface area contributed by atoms with Crippen LogP contribution in [0.1, 0.15) is 5.56 Å². The highest BCUT2D eigenvalue weighted by molar-refractivity contribution is 7.92. The number of hydrogen-bond acceptors (Lipinski definition) is 7. The molecule has 0 saturated carbocycles. The predicted molar refractivity (Wildman–Crippen MR) is 137 cm³/mol. The van der Waals surface area contributed by atoms with E-state index in [1.165, 1.54) is 43.7 Å². The molecular weight excluding hydrogens is 529 g/mol. The van der Waals surface area contributed by atoms with Gasteiger partial charge in [-0.15, -0.1) is 0 Å². The van der Waals surface area contributed by atoms with Crippen molar-refractivity contribution < 1.29 is 27.5 Å². The van der Waals surface area contributed by atoms with E-state index in [1.54, 1.807) is 42.5 Å². The van der Waals surface area contributed by atoms with E-state index in [0.29, 0.717) is 11.3 Å². The summed E-state index contributed by atoms with van der Waals surface area (Å²) < 4.78 is 37.4. The van der Waals surface area contributed by atoms with Crippen molar-refractivity contribution in [2.24, 2.45) is 5.10 Å². The Bertz CT molecular complexity index is 1350. The van der Waals surface area contributed by atoms with Crippen LogP contribution >= 0.6 is 23.2 Å². The van der Waals surface area contributed by atoms with Gasteiger partial charge in [-0.05, 0) is 48.0 Å². The molecule has 0 atom stereocenters. The normalized spacial score (nSPS) is 11.2. The quantitative estimate of drug-likeness (QED) is 0.233. The fraction of sp³-hybridized carbons (Fsp3) is 0.125. The number of anilines is 1. The molecule has 0 aliphatic rings. The molecule has 0 radical (unpaired) electrons. The Morgan fingerprint density at radius 2 is 1.69 bits per heavy atom. The third-order valence-corrected chi connectivity index (χ3v) is 6.82. The van der Waals surface area contributed by atoms with Crippen LogP contribution in [0.15, 0.2) is 82.8 Å². The van der Waals surface area contributed by atoms with E-state index in [0.717, 1.165) is 4.31 Å². The van der Waals surface area contributed by atoms with E-state index >= 15 is 0 Å². The zero-order valence-electron chi connectivity index (χ0n) is 18.9. The second kappa shape index (κ2) is 12.4. The molecule has 0 saturated heterocycles. The van der Waals surface area contributed by atoms with Crippen LogP contribution in [-0.2, 0) is 24.3 Å². The van der Waals surface area contributed by atoms with Crippen LogP contribution in [-0.4, -0.2) is 46.8 Å². The molecule has 12 heteroatoms. The number of sulfonamides is 1. The lowest BCUT2D eigenvalue weighted by atomic mass is 10.2. The first-order valence-electron chi connectivity index (χ1n) is 10.3. The summed E-state index contributed by atoms with van der Waals surface area (Å²) in [4.78, 5) is 23.9. The highest BCUT2D eigenvalue weighted by Gasteiger charge is 2.27. The first kappa shape index (κ1) is 27.0. The minimum absolute atomic E-state index is 0.0128. The monoisotopic (exact) mass is 549 g/mol. The van der Waals surface area contributed by atoms with E-state index in [4.69, 9.17) is 27.9 Å². The molecule has 3 aromatic carbocycles. The summed E-state index contributed by atoms with van der Waals surface area (Å²) in [6, 6.07) is 18.5. The van der Waals surface area contributed by atoms with E-state index in [9.17, 15) is 18.0 Å². The van der Waals surface area contributed by atoms with E-state index in [-0.39, 0.29) is 27.2 Å². The van der Waals surface area contributed by atoms with Crippen molar-refractivity contribution in [1.29, 1.82) is 0 Å². The van der Waals surface area contributed by atoms with Crippen molar-refractivity contribution >= 4 is 57.0 Å². The fourth-order valence-corrected chi connectivity index (χ4v) is 4.89. The minimum atomic E-state index is -4.13. The average molecular weight is 550 g/mol. The van der Waals surface area contributed by atoms with Crippen LogP contribution in [0.25, 0.3) is 0 Å². The lowest BCUT2D eigenvalue weighted by Gasteiger charge is -2.24. The average Bonchev–Trinajstić information content (AvgIpc) is 2.86. The number of benzene rings is 3. The number of ether oxygens (including phenoxy) is 2. The summed E-state index contributed by atoms with van der Waals surface area (Å²) in [7, 11) is -2.88. The third-order valence-electron chi connectivity index (χ3n) is 4.60. The van der Waals surface area contributed by atoms with Crippen molar-refractivity contribution in [2.75, 3.05) is 24.6 Å². The molecule has 0 fully saturated rings. The first-order chi connectivity index (χ1) is 17.2. The second-order valence-corrected chi connectivity index (χ2v) is 9.92. The van der Waals surface area contributed by atoms with Crippen LogP contribution in [0.3, 0.4) is 0 Å². The van der Waals surface area contributed by atoms with Gasteiger partial charge in [-0.1, -0.05) is 53.5 Å². The predicted octanol–water partition coefficient (Wildman–Crippen LogP) is 3.89. The number of hydrogen-bond donors (Lipinski definition) is 1. The standard InChI is InChI=1S/C24H21Cl2N3O6S/c1-34-24(31)16-35-21-7-5-6-17(10-21)14-27-28-23(30)15-29(20-12-18(25)11-19(26)13-20)36(32,33)22-8-3-2-4-9-22/h2-14H,15-16H2,1H3,(H,28,30)/b27-14-. The molecule has 3 aromatic rings. The SMILES string of the molecule is COC(=O)COc1cccc(/C=N\NC(=O)CN(c2cc(Cl)cc(Cl)c2)S(=O)(=O)c2ccccc2)c1. The highest BCUT2D eigenvalue weighted by atomic mass is 35.5. The van der Waals surface area contributed by atoms with Crippen LogP contribution < -0.4 is 14.5 Å². The number of nitrogens with one attached hydrogen (secondary N) is 1. The van der Waals surface area contributed by atoms with Gasteiger partial charge < -0.3 is 9.47 Å². The topological polar surface area (TPSA) is 114 Å². The van der Waals surface area contributed by atoms with Crippen LogP contribution in [0.2, 0.25) is 10.0 Å². The van der Waals surface area contributed by atoms with E-state index < -0.39 is 28.4 Å². The number of nitrogens with zero attached hydrogens (tertiary/aromatic N) is 2. The third kappa shape index (κ3) is 7.45. The summed E-state index contributed by atoms with van der Waals surface area (Å²) in [6.07, 6.45) is 1.34. The lowest BCUT2D eigenvalue weighted by Crippen LogP contribution is -2.39. The van der Waals surface area contributed by atoms with Gasteiger partial charge in [-0.25, -0.2) is 18.6 Å². The van der Waals surface area contributed by atoms with E-state index in [2.05, 4.69) is 15.3 Å². The van der Waals surface area contributed by atoms with Crippen molar-refractivity contribution in [3.05, 3.63) is 88.4 Å². The van der Waals surface area contributed by atoms with Crippen molar-refractivity contribution in [2.45, 2.75) is 4.90 Å². The van der Waals surface area contributed by atoms with Gasteiger partial charge in [0.15, 0.2) is 6.61 Å². The molecule has 0 spiro atoms. The maximum Gasteiger partial charge on any atom is 0.343 e. The van der Waals surface area contributed by atoms with Crippen molar-refractivity contribution in [3.63, 3.8) is 0 Å². The molecule has 36 heavy (non-hydrogen) atoms. The Labute approximate surface area is 218 Å². The maximum atomic E-state index is 13.3. The molecule has 0 unspecified atom stereocenters. The van der Waals surface area contributed by atoms with Crippen LogP contribution in [0.5, 0.6) is 5.75 Å². The number of halogens is 2. The number of hydrazone groups is 1. The van der Waals surface area contributed by atoms with Gasteiger partial charge >= 0.3 is 5.97 Å². The van der Waals surface area contributed by atoms with Gasteiger partial charge in [-0.2, -0.15) is 5.10 Å². The summed E-state index contributed by atoms with van der Waals surface area (Å²) in [5.41, 5.74) is 2.99. The number of amides is 1. The molecule has 0 bridgehead atoms. The molecule has 3 rings (SSSR count). The summed E-state index contributed by atoms with van der Waals surface area (Å²) in [6.45, 7) is -0.847.